The second-order valence-electron chi connectivity index (χ2n) is 3.91. The lowest BCUT2D eigenvalue weighted by Gasteiger charge is -2.07. The van der Waals surface area contributed by atoms with Gasteiger partial charge in [0.05, 0.1) is 0 Å². The lowest BCUT2D eigenvalue weighted by atomic mass is 10.2. The molecule has 0 spiro atoms. The molecular weight excluding hydrogens is 252 g/mol. The number of nitrogens with one attached hydrogen (secondary N) is 1. The van der Waals surface area contributed by atoms with Gasteiger partial charge in [0.25, 0.3) is 0 Å². The zero-order valence-corrected chi connectivity index (χ0v) is 10.3. The van der Waals surface area contributed by atoms with Crippen LogP contribution in [-0.2, 0) is 6.54 Å². The van der Waals surface area contributed by atoms with E-state index in [1.54, 1.807) is 12.3 Å². The van der Waals surface area contributed by atoms with Gasteiger partial charge >= 0.3 is 0 Å². The van der Waals surface area contributed by atoms with Crippen LogP contribution >= 0.6 is 11.6 Å². The first-order valence-electron chi connectivity index (χ1n) is 5.55. The van der Waals surface area contributed by atoms with Gasteiger partial charge in [-0.2, -0.15) is 0 Å². The number of fused-ring (bicyclic) bond motifs is 1. The van der Waals surface area contributed by atoms with Gasteiger partial charge in [0.1, 0.15) is 5.15 Å². The zero-order chi connectivity index (χ0) is 12.4. The highest BCUT2D eigenvalue weighted by Gasteiger charge is 2.12. The van der Waals surface area contributed by atoms with E-state index in [0.29, 0.717) is 18.5 Å². The molecule has 0 radical (unpaired) electrons. The summed E-state index contributed by atoms with van der Waals surface area (Å²) in [6, 6.07) is 9.55. The highest BCUT2D eigenvalue weighted by molar-refractivity contribution is 6.29. The Bertz CT molecular complexity index is 575. The molecule has 0 saturated heterocycles. The molecule has 0 fully saturated rings. The van der Waals surface area contributed by atoms with Crippen molar-refractivity contribution in [3.05, 3.63) is 47.2 Å². The summed E-state index contributed by atoms with van der Waals surface area (Å²) in [5.41, 5.74) is 2.06. The van der Waals surface area contributed by atoms with Crippen LogP contribution in [-0.4, -0.2) is 11.8 Å². The van der Waals surface area contributed by atoms with E-state index in [2.05, 4.69) is 10.3 Å². The first-order valence-corrected chi connectivity index (χ1v) is 5.93. The fourth-order valence-electron chi connectivity index (χ4n) is 1.77. The van der Waals surface area contributed by atoms with Crippen molar-refractivity contribution in [3.63, 3.8) is 0 Å². The number of hydrogen-bond donors (Lipinski definition) is 1. The molecule has 5 heteroatoms. The predicted molar refractivity (Wildman–Crippen MR) is 69.1 cm³/mol. The average molecular weight is 263 g/mol. The molecule has 0 unspecified atom stereocenters. The van der Waals surface area contributed by atoms with Crippen LogP contribution in [0.1, 0.15) is 5.56 Å². The van der Waals surface area contributed by atoms with Gasteiger partial charge in [0, 0.05) is 18.4 Å². The van der Waals surface area contributed by atoms with Crippen LogP contribution in [0.3, 0.4) is 0 Å². The number of halogens is 1. The van der Waals surface area contributed by atoms with Gasteiger partial charge in [-0.1, -0.05) is 17.7 Å². The Hall–Kier alpha value is -1.94. The molecule has 92 valence electrons. The largest absolute Gasteiger partial charge is 0.454 e. The summed E-state index contributed by atoms with van der Waals surface area (Å²) in [5.74, 6) is 1.59. The van der Waals surface area contributed by atoms with Crippen molar-refractivity contribution in [2.75, 3.05) is 12.1 Å². The summed E-state index contributed by atoms with van der Waals surface area (Å²) in [6.07, 6.45) is 1.67. The SMILES string of the molecule is Clc1cc(NCc2ccc3c(c2)OCO3)ccn1. The molecular formula is C13H11ClN2O2. The van der Waals surface area contributed by atoms with Gasteiger partial charge in [0.2, 0.25) is 6.79 Å². The van der Waals surface area contributed by atoms with E-state index in [1.165, 1.54) is 0 Å². The molecule has 0 aliphatic carbocycles. The summed E-state index contributed by atoms with van der Waals surface area (Å²) in [6.45, 7) is 0.989. The molecule has 2 heterocycles. The third kappa shape index (κ3) is 2.33. The Morgan fingerprint density at radius 2 is 2.06 bits per heavy atom. The summed E-state index contributed by atoms with van der Waals surface area (Å²) in [7, 11) is 0. The monoisotopic (exact) mass is 262 g/mol. The highest BCUT2D eigenvalue weighted by Crippen LogP contribution is 2.32. The fourth-order valence-corrected chi connectivity index (χ4v) is 1.94. The number of hydrogen-bond acceptors (Lipinski definition) is 4. The molecule has 4 nitrogen and oxygen atoms in total. The normalized spacial score (nSPS) is 12.5. The van der Waals surface area contributed by atoms with Gasteiger partial charge in [0.15, 0.2) is 11.5 Å². The van der Waals surface area contributed by atoms with Crippen molar-refractivity contribution in [2.45, 2.75) is 6.54 Å². The number of anilines is 1. The maximum Gasteiger partial charge on any atom is 0.231 e. The topological polar surface area (TPSA) is 43.4 Å². The molecule has 0 amide bonds. The Balaban J connectivity index is 1.70. The lowest BCUT2D eigenvalue weighted by Crippen LogP contribution is -1.99. The van der Waals surface area contributed by atoms with Crippen molar-refractivity contribution in [3.8, 4) is 11.5 Å². The second-order valence-corrected chi connectivity index (χ2v) is 4.30. The molecule has 1 N–H and O–H groups in total. The number of pyridine rings is 1. The predicted octanol–water partition coefficient (Wildman–Crippen LogP) is 3.08. The molecule has 3 rings (SSSR count). The van der Waals surface area contributed by atoms with Crippen LogP contribution < -0.4 is 14.8 Å². The molecule has 0 bridgehead atoms. The van der Waals surface area contributed by atoms with Crippen LogP contribution in [0.5, 0.6) is 11.5 Å². The first-order chi connectivity index (χ1) is 8.81. The third-order valence-corrected chi connectivity index (χ3v) is 2.87. The molecule has 0 saturated carbocycles. The van der Waals surface area contributed by atoms with Crippen molar-refractivity contribution in [1.29, 1.82) is 0 Å². The highest BCUT2D eigenvalue weighted by atomic mass is 35.5. The summed E-state index contributed by atoms with van der Waals surface area (Å²) < 4.78 is 10.6. The van der Waals surface area contributed by atoms with Crippen molar-refractivity contribution in [1.82, 2.24) is 4.98 Å². The van der Waals surface area contributed by atoms with Crippen molar-refractivity contribution < 1.29 is 9.47 Å². The fraction of sp³-hybridized carbons (Fsp3) is 0.154. The molecule has 1 aliphatic rings. The maximum atomic E-state index is 5.82. The standard InChI is InChI=1S/C13H11ClN2O2/c14-13-6-10(3-4-15-13)16-7-9-1-2-11-12(5-9)18-8-17-11/h1-6H,7-8H2,(H,15,16). The second kappa shape index (κ2) is 4.74. The van der Waals surface area contributed by atoms with Gasteiger partial charge in [-0.3, -0.25) is 0 Å². The van der Waals surface area contributed by atoms with E-state index < -0.39 is 0 Å². The Morgan fingerprint density at radius 3 is 2.94 bits per heavy atom. The van der Waals surface area contributed by atoms with Crippen LogP contribution in [0.15, 0.2) is 36.5 Å². The van der Waals surface area contributed by atoms with Crippen molar-refractivity contribution in [2.24, 2.45) is 0 Å². The molecule has 1 aromatic carbocycles. The van der Waals surface area contributed by atoms with Gasteiger partial charge < -0.3 is 14.8 Å². The molecule has 1 aliphatic heterocycles. The molecule has 0 atom stereocenters. The number of ether oxygens (including phenoxy) is 2. The Kier molecular flexibility index (Phi) is 2.94. The smallest absolute Gasteiger partial charge is 0.231 e. The van der Waals surface area contributed by atoms with Gasteiger partial charge in [-0.25, -0.2) is 4.98 Å². The summed E-state index contributed by atoms with van der Waals surface area (Å²) in [4.78, 5) is 3.93. The minimum absolute atomic E-state index is 0.298. The number of aromatic nitrogens is 1. The molecule has 1 aromatic heterocycles. The summed E-state index contributed by atoms with van der Waals surface area (Å²) in [5, 5.41) is 3.75. The van der Waals surface area contributed by atoms with Crippen LogP contribution in [0, 0.1) is 0 Å². The van der Waals surface area contributed by atoms with Crippen LogP contribution in [0.2, 0.25) is 5.15 Å². The minimum Gasteiger partial charge on any atom is -0.454 e. The number of benzene rings is 1. The van der Waals surface area contributed by atoms with Gasteiger partial charge in [-0.15, -0.1) is 0 Å². The van der Waals surface area contributed by atoms with Crippen LogP contribution in [0.25, 0.3) is 0 Å². The Morgan fingerprint density at radius 1 is 1.17 bits per heavy atom. The van der Waals surface area contributed by atoms with E-state index in [0.717, 1.165) is 22.7 Å². The summed E-state index contributed by atoms with van der Waals surface area (Å²) >= 11 is 5.82. The van der Waals surface area contributed by atoms with E-state index in [9.17, 15) is 0 Å². The minimum atomic E-state index is 0.298. The maximum absolute atomic E-state index is 5.82. The van der Waals surface area contributed by atoms with E-state index >= 15 is 0 Å². The third-order valence-electron chi connectivity index (χ3n) is 2.66. The van der Waals surface area contributed by atoms with E-state index in [4.69, 9.17) is 21.1 Å². The van der Waals surface area contributed by atoms with Gasteiger partial charge in [-0.05, 0) is 29.8 Å². The molecule has 18 heavy (non-hydrogen) atoms. The first kappa shape index (κ1) is 11.2. The van der Waals surface area contributed by atoms with E-state index in [-0.39, 0.29) is 0 Å². The van der Waals surface area contributed by atoms with E-state index in [1.807, 2.05) is 24.3 Å². The average Bonchev–Trinajstić information content (AvgIpc) is 2.84. The zero-order valence-electron chi connectivity index (χ0n) is 9.52. The Labute approximate surface area is 110 Å². The van der Waals surface area contributed by atoms with Crippen LogP contribution in [0.4, 0.5) is 5.69 Å². The lowest BCUT2D eigenvalue weighted by molar-refractivity contribution is 0.174. The van der Waals surface area contributed by atoms with Crippen molar-refractivity contribution >= 4 is 17.3 Å². The number of nitrogens with zero attached hydrogens (tertiary/aromatic N) is 1. The quantitative estimate of drug-likeness (QED) is 0.864. The molecule has 2 aromatic rings. The number of rotatable bonds is 3.